The molecule has 0 aliphatic heterocycles. The van der Waals surface area contributed by atoms with Crippen molar-refractivity contribution >= 4 is 0 Å². The summed E-state index contributed by atoms with van der Waals surface area (Å²) in [5, 5.41) is 3.62. The fourth-order valence-corrected chi connectivity index (χ4v) is 2.61. The van der Waals surface area contributed by atoms with Crippen LogP contribution in [0.2, 0.25) is 0 Å². The third-order valence-electron chi connectivity index (χ3n) is 3.94. The predicted molar refractivity (Wildman–Crippen MR) is 88.0 cm³/mol. The van der Waals surface area contributed by atoms with E-state index in [0.717, 1.165) is 32.2 Å². The quantitative estimate of drug-likeness (QED) is 0.797. The molecule has 2 aromatic rings. The van der Waals surface area contributed by atoms with Crippen molar-refractivity contribution in [2.24, 2.45) is 0 Å². The molecule has 0 unspecified atom stereocenters. The van der Waals surface area contributed by atoms with Crippen molar-refractivity contribution in [1.82, 2.24) is 10.2 Å². The Morgan fingerprint density at radius 1 is 0.810 bits per heavy atom. The van der Waals surface area contributed by atoms with Crippen molar-refractivity contribution in [3.63, 3.8) is 0 Å². The van der Waals surface area contributed by atoms with Gasteiger partial charge in [-0.3, -0.25) is 4.90 Å². The van der Waals surface area contributed by atoms with Crippen LogP contribution in [0.15, 0.2) is 60.7 Å². The Labute approximate surface area is 127 Å². The average Bonchev–Trinajstić information content (AvgIpc) is 3.33. The van der Waals surface area contributed by atoms with E-state index in [9.17, 15) is 0 Å². The molecule has 0 amide bonds. The number of nitrogens with zero attached hydrogens (tertiary/aromatic N) is 1. The van der Waals surface area contributed by atoms with Crippen LogP contribution < -0.4 is 5.32 Å². The Balaban J connectivity index is 1.58. The number of hydrogen-bond acceptors (Lipinski definition) is 2. The fraction of sp³-hybridized carbons (Fsp3) is 0.368. The van der Waals surface area contributed by atoms with E-state index in [1.165, 1.54) is 24.0 Å². The van der Waals surface area contributed by atoms with Crippen LogP contribution in [0.3, 0.4) is 0 Å². The number of nitrogens with one attached hydrogen (secondary N) is 1. The van der Waals surface area contributed by atoms with Gasteiger partial charge in [0.2, 0.25) is 0 Å². The molecule has 0 aromatic heterocycles. The summed E-state index contributed by atoms with van der Waals surface area (Å²) in [4.78, 5) is 2.53. The number of benzene rings is 2. The van der Waals surface area contributed by atoms with E-state index in [-0.39, 0.29) is 0 Å². The van der Waals surface area contributed by atoms with Crippen LogP contribution in [0.4, 0.5) is 0 Å². The Hall–Kier alpha value is -1.64. The van der Waals surface area contributed by atoms with Crippen molar-refractivity contribution in [2.75, 3.05) is 13.1 Å². The normalized spacial score (nSPS) is 14.5. The molecule has 0 saturated heterocycles. The second-order valence-corrected chi connectivity index (χ2v) is 5.91. The zero-order valence-corrected chi connectivity index (χ0v) is 12.5. The minimum atomic E-state index is 0.792. The van der Waals surface area contributed by atoms with E-state index in [2.05, 4.69) is 70.9 Å². The predicted octanol–water partition coefficient (Wildman–Crippen LogP) is 3.44. The first-order chi connectivity index (χ1) is 10.4. The second-order valence-electron chi connectivity index (χ2n) is 5.91. The van der Waals surface area contributed by atoms with Crippen molar-refractivity contribution < 1.29 is 0 Å². The van der Waals surface area contributed by atoms with Gasteiger partial charge in [0, 0.05) is 32.2 Å². The minimum absolute atomic E-state index is 0.792. The summed E-state index contributed by atoms with van der Waals surface area (Å²) in [6.07, 6.45) is 2.72. The molecule has 0 atom stereocenters. The van der Waals surface area contributed by atoms with E-state index in [1.807, 2.05) is 0 Å². The van der Waals surface area contributed by atoms with Crippen LogP contribution in [0.1, 0.15) is 24.0 Å². The first-order valence-electron chi connectivity index (χ1n) is 7.94. The summed E-state index contributed by atoms with van der Waals surface area (Å²) in [6, 6.07) is 22.3. The molecular formula is C19H24N2. The summed E-state index contributed by atoms with van der Waals surface area (Å²) in [7, 11) is 0. The largest absolute Gasteiger partial charge is 0.313 e. The van der Waals surface area contributed by atoms with E-state index in [0.29, 0.717) is 0 Å². The summed E-state index contributed by atoms with van der Waals surface area (Å²) in [5.74, 6) is 0. The van der Waals surface area contributed by atoms with Crippen LogP contribution in [-0.2, 0) is 13.1 Å². The molecule has 1 fully saturated rings. The zero-order chi connectivity index (χ0) is 14.3. The van der Waals surface area contributed by atoms with E-state index >= 15 is 0 Å². The zero-order valence-electron chi connectivity index (χ0n) is 12.5. The number of rotatable bonds is 8. The van der Waals surface area contributed by atoms with Gasteiger partial charge in [0.05, 0.1) is 0 Å². The fourth-order valence-electron chi connectivity index (χ4n) is 2.61. The lowest BCUT2D eigenvalue weighted by Gasteiger charge is -2.23. The number of hydrogen-bond donors (Lipinski definition) is 1. The molecule has 1 N–H and O–H groups in total. The van der Waals surface area contributed by atoms with Gasteiger partial charge in [0.25, 0.3) is 0 Å². The Bertz CT molecular complexity index is 478. The second kappa shape index (κ2) is 7.39. The molecule has 1 aliphatic carbocycles. The first kappa shape index (κ1) is 14.3. The van der Waals surface area contributed by atoms with E-state index in [1.54, 1.807) is 0 Å². The van der Waals surface area contributed by atoms with Gasteiger partial charge in [0.15, 0.2) is 0 Å². The molecule has 2 aromatic carbocycles. The molecule has 0 bridgehead atoms. The monoisotopic (exact) mass is 280 g/mol. The Morgan fingerprint density at radius 2 is 1.33 bits per heavy atom. The van der Waals surface area contributed by atoms with E-state index in [4.69, 9.17) is 0 Å². The highest BCUT2D eigenvalue weighted by Crippen LogP contribution is 2.18. The van der Waals surface area contributed by atoms with Gasteiger partial charge < -0.3 is 5.32 Å². The lowest BCUT2D eigenvalue weighted by Crippen LogP contribution is -2.32. The standard InChI is InChI=1S/C19H24N2/c1-3-7-17(8-4-1)15-21(14-13-20-19-11-12-19)16-18-9-5-2-6-10-18/h1-10,19-20H,11-16H2. The summed E-state index contributed by atoms with van der Waals surface area (Å²) in [5.41, 5.74) is 2.78. The van der Waals surface area contributed by atoms with Crippen LogP contribution >= 0.6 is 0 Å². The SMILES string of the molecule is c1ccc(CN(CCNC2CC2)Cc2ccccc2)cc1. The lowest BCUT2D eigenvalue weighted by molar-refractivity contribution is 0.256. The summed E-state index contributed by atoms with van der Waals surface area (Å²) >= 11 is 0. The first-order valence-corrected chi connectivity index (χ1v) is 7.94. The van der Waals surface area contributed by atoms with Gasteiger partial charge in [-0.15, -0.1) is 0 Å². The maximum atomic E-state index is 3.62. The molecule has 2 heteroatoms. The highest BCUT2D eigenvalue weighted by atomic mass is 15.1. The van der Waals surface area contributed by atoms with Crippen LogP contribution in [-0.4, -0.2) is 24.0 Å². The molecule has 1 saturated carbocycles. The minimum Gasteiger partial charge on any atom is -0.313 e. The van der Waals surface area contributed by atoms with Gasteiger partial charge in [-0.25, -0.2) is 0 Å². The van der Waals surface area contributed by atoms with Gasteiger partial charge in [-0.05, 0) is 24.0 Å². The smallest absolute Gasteiger partial charge is 0.0237 e. The van der Waals surface area contributed by atoms with Gasteiger partial charge in [0.1, 0.15) is 0 Å². The summed E-state index contributed by atoms with van der Waals surface area (Å²) in [6.45, 7) is 4.22. The highest BCUT2D eigenvalue weighted by Gasteiger charge is 2.20. The van der Waals surface area contributed by atoms with Gasteiger partial charge >= 0.3 is 0 Å². The molecule has 21 heavy (non-hydrogen) atoms. The van der Waals surface area contributed by atoms with Crippen molar-refractivity contribution in [3.05, 3.63) is 71.8 Å². The van der Waals surface area contributed by atoms with Crippen LogP contribution in [0.5, 0.6) is 0 Å². The molecule has 0 heterocycles. The van der Waals surface area contributed by atoms with Crippen molar-refractivity contribution in [1.29, 1.82) is 0 Å². The van der Waals surface area contributed by atoms with Crippen molar-refractivity contribution in [2.45, 2.75) is 32.0 Å². The molecule has 2 nitrogen and oxygen atoms in total. The van der Waals surface area contributed by atoms with Crippen molar-refractivity contribution in [3.8, 4) is 0 Å². The van der Waals surface area contributed by atoms with Crippen LogP contribution in [0, 0.1) is 0 Å². The van der Waals surface area contributed by atoms with E-state index < -0.39 is 0 Å². The molecule has 1 aliphatic rings. The highest BCUT2D eigenvalue weighted by molar-refractivity contribution is 5.17. The molecule has 110 valence electrons. The van der Waals surface area contributed by atoms with Gasteiger partial charge in [-0.1, -0.05) is 60.7 Å². The molecule has 0 spiro atoms. The Kier molecular flexibility index (Phi) is 5.03. The topological polar surface area (TPSA) is 15.3 Å². The third-order valence-corrected chi connectivity index (χ3v) is 3.94. The molecular weight excluding hydrogens is 256 g/mol. The maximum absolute atomic E-state index is 3.62. The lowest BCUT2D eigenvalue weighted by atomic mass is 10.1. The summed E-state index contributed by atoms with van der Waals surface area (Å²) < 4.78 is 0. The Morgan fingerprint density at radius 3 is 1.81 bits per heavy atom. The van der Waals surface area contributed by atoms with Crippen LogP contribution in [0.25, 0.3) is 0 Å². The molecule has 3 rings (SSSR count). The average molecular weight is 280 g/mol. The third kappa shape index (κ3) is 5.00. The molecule has 0 radical (unpaired) electrons. The maximum Gasteiger partial charge on any atom is 0.0237 e. The van der Waals surface area contributed by atoms with Gasteiger partial charge in [-0.2, -0.15) is 0 Å².